The predicted octanol–water partition coefficient (Wildman–Crippen LogP) is 2.32. The summed E-state index contributed by atoms with van der Waals surface area (Å²) in [6.07, 6.45) is 0.992. The summed E-state index contributed by atoms with van der Waals surface area (Å²) in [5.41, 5.74) is 1.86. The number of nitrogens with one attached hydrogen (secondary N) is 2. The van der Waals surface area contributed by atoms with E-state index in [4.69, 9.17) is 4.74 Å². The number of nitro benzene ring substituents is 1. The average molecular weight is 293 g/mol. The molecule has 0 aromatic heterocycles. The van der Waals surface area contributed by atoms with Crippen molar-refractivity contribution in [2.45, 2.75) is 32.7 Å². The van der Waals surface area contributed by atoms with E-state index in [2.05, 4.69) is 10.6 Å². The Bertz CT molecular complexity index is 559. The summed E-state index contributed by atoms with van der Waals surface area (Å²) in [4.78, 5) is 22.1. The fourth-order valence-electron chi connectivity index (χ4n) is 2.29. The Hall–Kier alpha value is -2.15. The number of hydrogen-bond acceptors (Lipinski definition) is 5. The molecule has 0 fully saturated rings. The second-order valence-corrected chi connectivity index (χ2v) is 5.04. The number of fused-ring (bicyclic) bond motifs is 1. The Balaban J connectivity index is 2.27. The first-order valence-electron chi connectivity index (χ1n) is 6.96. The second-order valence-electron chi connectivity index (χ2n) is 5.04. The summed E-state index contributed by atoms with van der Waals surface area (Å²) in [5.74, 6) is -0.109. The molecule has 1 aliphatic heterocycles. The average Bonchev–Trinajstić information content (AvgIpc) is 2.44. The molecule has 1 aliphatic rings. The summed E-state index contributed by atoms with van der Waals surface area (Å²) < 4.78 is 5.31. The molecule has 1 amide bonds. The van der Waals surface area contributed by atoms with Crippen LogP contribution in [0.1, 0.15) is 25.8 Å². The molecular formula is C14H19N3O4. The fourth-order valence-corrected chi connectivity index (χ4v) is 2.29. The summed E-state index contributed by atoms with van der Waals surface area (Å²) in [6.45, 7) is 4.88. The van der Waals surface area contributed by atoms with Gasteiger partial charge in [-0.2, -0.15) is 0 Å². The highest BCUT2D eigenvalue weighted by atomic mass is 16.6. The molecule has 0 saturated carbocycles. The Morgan fingerprint density at radius 3 is 2.90 bits per heavy atom. The summed E-state index contributed by atoms with van der Waals surface area (Å²) >= 11 is 0. The number of carbonyl (C=O) groups is 1. The molecule has 0 spiro atoms. The highest BCUT2D eigenvalue weighted by molar-refractivity contribution is 5.95. The van der Waals surface area contributed by atoms with Gasteiger partial charge >= 0.3 is 0 Å². The first kappa shape index (κ1) is 15.2. The Morgan fingerprint density at radius 2 is 2.24 bits per heavy atom. The van der Waals surface area contributed by atoms with Crippen molar-refractivity contribution in [2.24, 2.45) is 0 Å². The fraction of sp³-hybridized carbons (Fsp3) is 0.500. The normalized spacial score (nSPS) is 15.0. The first-order valence-corrected chi connectivity index (χ1v) is 6.96. The maximum atomic E-state index is 11.4. The smallest absolute Gasteiger partial charge is 0.294 e. The molecule has 114 valence electrons. The van der Waals surface area contributed by atoms with Crippen molar-refractivity contribution in [3.8, 4) is 0 Å². The van der Waals surface area contributed by atoms with E-state index in [1.54, 1.807) is 6.07 Å². The van der Waals surface area contributed by atoms with Gasteiger partial charge in [-0.05, 0) is 31.9 Å². The van der Waals surface area contributed by atoms with Gasteiger partial charge in [0.05, 0.1) is 17.2 Å². The number of ether oxygens (including phenoxy) is 1. The third kappa shape index (κ3) is 3.69. The monoisotopic (exact) mass is 293 g/mol. The van der Waals surface area contributed by atoms with Crippen LogP contribution in [-0.2, 0) is 16.0 Å². The number of nitrogens with zero attached hydrogens (tertiary/aromatic N) is 1. The third-order valence-electron chi connectivity index (χ3n) is 3.29. The van der Waals surface area contributed by atoms with Gasteiger partial charge in [-0.1, -0.05) is 0 Å². The van der Waals surface area contributed by atoms with Crippen LogP contribution in [0.25, 0.3) is 0 Å². The lowest BCUT2D eigenvalue weighted by Crippen LogP contribution is -2.23. The van der Waals surface area contributed by atoms with Crippen LogP contribution in [0.3, 0.4) is 0 Å². The predicted molar refractivity (Wildman–Crippen MR) is 79.6 cm³/mol. The van der Waals surface area contributed by atoms with E-state index in [9.17, 15) is 14.9 Å². The van der Waals surface area contributed by atoms with Gasteiger partial charge in [0.15, 0.2) is 0 Å². The number of nitro groups is 1. The van der Waals surface area contributed by atoms with Crippen molar-refractivity contribution in [2.75, 3.05) is 23.8 Å². The molecule has 1 unspecified atom stereocenters. The number of aryl methyl sites for hydroxylation is 1. The van der Waals surface area contributed by atoms with Gasteiger partial charge in [-0.15, -0.1) is 0 Å². The number of benzene rings is 1. The van der Waals surface area contributed by atoms with Crippen LogP contribution in [-0.4, -0.2) is 30.1 Å². The van der Waals surface area contributed by atoms with Crippen molar-refractivity contribution in [1.82, 2.24) is 0 Å². The van der Waals surface area contributed by atoms with Crippen molar-refractivity contribution in [3.63, 3.8) is 0 Å². The number of amides is 1. The second kappa shape index (κ2) is 6.53. The van der Waals surface area contributed by atoms with Crippen LogP contribution >= 0.6 is 0 Å². The molecule has 1 heterocycles. The lowest BCUT2D eigenvalue weighted by molar-refractivity contribution is -0.383. The molecular weight excluding hydrogens is 274 g/mol. The van der Waals surface area contributed by atoms with E-state index in [1.807, 2.05) is 13.8 Å². The van der Waals surface area contributed by atoms with Gasteiger partial charge in [0.25, 0.3) is 5.69 Å². The first-order chi connectivity index (χ1) is 10.0. The maximum absolute atomic E-state index is 11.4. The van der Waals surface area contributed by atoms with E-state index < -0.39 is 4.92 Å². The number of rotatable bonds is 6. The zero-order valence-electron chi connectivity index (χ0n) is 12.1. The largest absolute Gasteiger partial charge is 0.380 e. The van der Waals surface area contributed by atoms with E-state index in [0.29, 0.717) is 37.4 Å². The maximum Gasteiger partial charge on any atom is 0.294 e. The van der Waals surface area contributed by atoms with E-state index in [1.165, 1.54) is 6.07 Å². The van der Waals surface area contributed by atoms with Crippen LogP contribution in [0.15, 0.2) is 12.1 Å². The van der Waals surface area contributed by atoms with Crippen LogP contribution in [0.2, 0.25) is 0 Å². The SMILES string of the molecule is CCOCC(C)Nc1cc2c(cc1[N+](=O)[O-])NC(=O)CC2. The molecule has 2 N–H and O–H groups in total. The van der Waals surface area contributed by atoms with Crippen molar-refractivity contribution >= 4 is 23.0 Å². The summed E-state index contributed by atoms with van der Waals surface area (Å²) in [5, 5.41) is 17.0. The zero-order valence-corrected chi connectivity index (χ0v) is 12.1. The van der Waals surface area contributed by atoms with Gasteiger partial charge in [0, 0.05) is 25.1 Å². The van der Waals surface area contributed by atoms with Crippen LogP contribution < -0.4 is 10.6 Å². The van der Waals surface area contributed by atoms with Crippen LogP contribution in [0.4, 0.5) is 17.1 Å². The molecule has 7 heteroatoms. The molecule has 0 bridgehead atoms. The standard InChI is InChI=1S/C14H19N3O4/c1-3-21-8-9(2)15-12-6-10-4-5-14(18)16-11(10)7-13(12)17(19)20/h6-7,9,15H,3-5,8H2,1-2H3,(H,16,18). The van der Waals surface area contributed by atoms with Crippen molar-refractivity contribution in [1.29, 1.82) is 0 Å². The van der Waals surface area contributed by atoms with Gasteiger partial charge in [0.1, 0.15) is 5.69 Å². The highest BCUT2D eigenvalue weighted by Gasteiger charge is 2.23. The number of carbonyl (C=O) groups excluding carboxylic acids is 1. The van der Waals surface area contributed by atoms with Gasteiger partial charge < -0.3 is 15.4 Å². The van der Waals surface area contributed by atoms with Gasteiger partial charge in [0.2, 0.25) is 5.91 Å². The molecule has 2 rings (SSSR count). The lowest BCUT2D eigenvalue weighted by atomic mass is 10.0. The molecule has 0 radical (unpaired) electrons. The van der Waals surface area contributed by atoms with Gasteiger partial charge in [-0.3, -0.25) is 14.9 Å². The molecule has 0 saturated heterocycles. The minimum Gasteiger partial charge on any atom is -0.380 e. The summed E-state index contributed by atoms with van der Waals surface area (Å²) in [6, 6.07) is 3.12. The van der Waals surface area contributed by atoms with Crippen LogP contribution in [0.5, 0.6) is 0 Å². The molecule has 1 aromatic rings. The Morgan fingerprint density at radius 1 is 1.48 bits per heavy atom. The topological polar surface area (TPSA) is 93.5 Å². The highest BCUT2D eigenvalue weighted by Crippen LogP contribution is 2.34. The summed E-state index contributed by atoms with van der Waals surface area (Å²) in [7, 11) is 0. The van der Waals surface area contributed by atoms with Gasteiger partial charge in [-0.25, -0.2) is 0 Å². The Labute approximate surface area is 122 Å². The minimum absolute atomic E-state index is 0.0418. The molecule has 7 nitrogen and oxygen atoms in total. The third-order valence-corrected chi connectivity index (χ3v) is 3.29. The van der Waals surface area contributed by atoms with E-state index in [0.717, 1.165) is 5.56 Å². The number of anilines is 2. The molecule has 0 aliphatic carbocycles. The molecule has 1 aromatic carbocycles. The quantitative estimate of drug-likeness (QED) is 0.620. The van der Waals surface area contributed by atoms with Crippen molar-refractivity contribution < 1.29 is 14.5 Å². The molecule has 21 heavy (non-hydrogen) atoms. The zero-order chi connectivity index (χ0) is 15.4. The lowest BCUT2D eigenvalue weighted by Gasteiger charge is -2.20. The van der Waals surface area contributed by atoms with Crippen LogP contribution in [0, 0.1) is 10.1 Å². The molecule has 1 atom stereocenters. The Kier molecular flexibility index (Phi) is 4.74. The number of hydrogen-bond donors (Lipinski definition) is 2. The van der Waals surface area contributed by atoms with E-state index in [-0.39, 0.29) is 17.6 Å². The van der Waals surface area contributed by atoms with Crippen molar-refractivity contribution in [3.05, 3.63) is 27.8 Å². The van der Waals surface area contributed by atoms with E-state index >= 15 is 0 Å². The minimum atomic E-state index is -0.448.